The number of rotatable bonds is 6. The zero-order valence-corrected chi connectivity index (χ0v) is 19.7. The van der Waals surface area contributed by atoms with Crippen molar-refractivity contribution in [2.45, 2.75) is 26.8 Å². The molecule has 6 heteroatoms. The summed E-state index contributed by atoms with van der Waals surface area (Å²) in [6, 6.07) is 19.1. The Hall–Kier alpha value is -4.06. The Morgan fingerprint density at radius 3 is 2.38 bits per heavy atom. The van der Waals surface area contributed by atoms with Crippen LogP contribution >= 0.6 is 0 Å². The highest BCUT2D eigenvalue weighted by atomic mass is 16.5. The lowest BCUT2D eigenvalue weighted by molar-refractivity contribution is -0.132. The van der Waals surface area contributed by atoms with Gasteiger partial charge in [-0.25, -0.2) is 0 Å². The Morgan fingerprint density at radius 1 is 0.971 bits per heavy atom. The summed E-state index contributed by atoms with van der Waals surface area (Å²) in [5.41, 5.74) is 3.31. The predicted octanol–water partition coefficient (Wildman–Crippen LogP) is 5.34. The Labute approximate surface area is 199 Å². The van der Waals surface area contributed by atoms with Crippen molar-refractivity contribution >= 4 is 23.1 Å². The van der Waals surface area contributed by atoms with E-state index in [1.54, 1.807) is 37.4 Å². The molecule has 1 aliphatic heterocycles. The summed E-state index contributed by atoms with van der Waals surface area (Å²) in [5.74, 6) is -0.371. The largest absolute Gasteiger partial charge is 0.507 e. The number of amides is 1. The fourth-order valence-electron chi connectivity index (χ4n) is 4.35. The number of benzene rings is 3. The molecule has 0 radical (unpaired) electrons. The number of hydrogen-bond donors (Lipinski definition) is 1. The van der Waals surface area contributed by atoms with Crippen LogP contribution in [0.4, 0.5) is 5.69 Å². The van der Waals surface area contributed by atoms with E-state index in [0.717, 1.165) is 11.1 Å². The Balaban J connectivity index is 1.94. The number of nitrogens with zero attached hydrogens (tertiary/aromatic N) is 1. The summed E-state index contributed by atoms with van der Waals surface area (Å²) in [7, 11) is 1.58. The number of hydrogen-bond acceptors (Lipinski definition) is 5. The molecule has 1 amide bonds. The lowest BCUT2D eigenvalue weighted by atomic mass is 9.93. The molecular weight excluding hydrogens is 430 g/mol. The lowest BCUT2D eigenvalue weighted by Crippen LogP contribution is -2.29. The first-order valence-corrected chi connectivity index (χ1v) is 11.1. The van der Waals surface area contributed by atoms with Crippen LogP contribution in [0.1, 0.15) is 35.2 Å². The molecule has 1 saturated heterocycles. The van der Waals surface area contributed by atoms with E-state index in [0.29, 0.717) is 34.9 Å². The molecular formula is C28H27NO5. The molecule has 174 valence electrons. The normalized spacial score (nSPS) is 17.2. The number of anilines is 1. The van der Waals surface area contributed by atoms with Crippen molar-refractivity contribution < 1.29 is 24.2 Å². The molecule has 1 N–H and O–H groups in total. The van der Waals surface area contributed by atoms with Crippen LogP contribution in [-0.2, 0) is 9.59 Å². The van der Waals surface area contributed by atoms with Gasteiger partial charge in [-0.05, 0) is 61.7 Å². The Kier molecular flexibility index (Phi) is 6.41. The molecule has 3 aromatic rings. The zero-order chi connectivity index (χ0) is 24.4. The second-order valence-electron chi connectivity index (χ2n) is 8.15. The maximum Gasteiger partial charge on any atom is 0.300 e. The third-order valence-corrected chi connectivity index (χ3v) is 5.96. The van der Waals surface area contributed by atoms with E-state index in [2.05, 4.69) is 0 Å². The molecule has 1 fully saturated rings. The first-order valence-electron chi connectivity index (χ1n) is 11.1. The summed E-state index contributed by atoms with van der Waals surface area (Å²) in [4.78, 5) is 28.1. The van der Waals surface area contributed by atoms with Gasteiger partial charge in [-0.1, -0.05) is 36.4 Å². The number of aliphatic hydroxyl groups excluding tert-OH is 1. The minimum Gasteiger partial charge on any atom is -0.507 e. The van der Waals surface area contributed by atoms with Crippen molar-refractivity contribution in [3.8, 4) is 11.5 Å². The molecule has 6 nitrogen and oxygen atoms in total. The minimum absolute atomic E-state index is 0.0469. The first-order chi connectivity index (χ1) is 16.4. The molecule has 0 saturated carbocycles. The average Bonchev–Trinajstić information content (AvgIpc) is 3.11. The topological polar surface area (TPSA) is 76.1 Å². The fourth-order valence-corrected chi connectivity index (χ4v) is 4.35. The standard InChI is InChI=1S/C28H27NO5/c1-5-34-21-13-9-12-20(16-21)29-25(19-10-7-6-8-11-19)24(27(31)28(29)32)26(30)22-14-18(3)23(33-4)15-17(22)2/h6-16,25,30H,5H2,1-4H3/b26-24+. The molecule has 0 aromatic heterocycles. The van der Waals surface area contributed by atoms with Gasteiger partial charge in [0, 0.05) is 17.3 Å². The molecule has 0 spiro atoms. The van der Waals surface area contributed by atoms with Crippen molar-refractivity contribution in [2.75, 3.05) is 18.6 Å². The van der Waals surface area contributed by atoms with Crippen LogP contribution in [-0.4, -0.2) is 30.5 Å². The number of aliphatic hydroxyl groups is 1. The second-order valence-corrected chi connectivity index (χ2v) is 8.15. The van der Waals surface area contributed by atoms with Crippen LogP contribution in [0.3, 0.4) is 0 Å². The van der Waals surface area contributed by atoms with Gasteiger partial charge in [0.2, 0.25) is 0 Å². The fraction of sp³-hybridized carbons (Fsp3) is 0.214. The third kappa shape index (κ3) is 4.03. The highest BCUT2D eigenvalue weighted by Gasteiger charge is 2.47. The van der Waals surface area contributed by atoms with Crippen LogP contribution in [0.25, 0.3) is 5.76 Å². The molecule has 1 aliphatic rings. The van der Waals surface area contributed by atoms with E-state index in [9.17, 15) is 14.7 Å². The zero-order valence-electron chi connectivity index (χ0n) is 19.7. The summed E-state index contributed by atoms with van der Waals surface area (Å²) in [6.07, 6.45) is 0. The van der Waals surface area contributed by atoms with Crippen molar-refractivity contribution in [3.63, 3.8) is 0 Å². The van der Waals surface area contributed by atoms with Gasteiger partial charge in [-0.2, -0.15) is 0 Å². The number of carbonyl (C=O) groups excluding carboxylic acids is 2. The highest BCUT2D eigenvalue weighted by Crippen LogP contribution is 2.43. The number of aryl methyl sites for hydroxylation is 2. The summed E-state index contributed by atoms with van der Waals surface area (Å²) >= 11 is 0. The monoisotopic (exact) mass is 457 g/mol. The van der Waals surface area contributed by atoms with Crippen LogP contribution in [0.15, 0.2) is 72.3 Å². The maximum atomic E-state index is 13.4. The van der Waals surface area contributed by atoms with Crippen molar-refractivity contribution in [1.29, 1.82) is 0 Å². The van der Waals surface area contributed by atoms with Gasteiger partial charge in [-0.15, -0.1) is 0 Å². The molecule has 1 heterocycles. The van der Waals surface area contributed by atoms with Crippen LogP contribution in [0.5, 0.6) is 11.5 Å². The third-order valence-electron chi connectivity index (χ3n) is 5.96. The Bertz CT molecular complexity index is 1280. The molecule has 1 atom stereocenters. The molecule has 0 aliphatic carbocycles. The van der Waals surface area contributed by atoms with Crippen molar-refractivity contribution in [1.82, 2.24) is 0 Å². The lowest BCUT2D eigenvalue weighted by Gasteiger charge is -2.26. The van der Waals surface area contributed by atoms with E-state index < -0.39 is 17.7 Å². The van der Waals surface area contributed by atoms with Crippen LogP contribution < -0.4 is 14.4 Å². The minimum atomic E-state index is -0.792. The SMILES string of the molecule is CCOc1cccc(N2C(=O)C(=O)/C(=C(/O)c3cc(C)c(OC)cc3C)C2c2ccccc2)c1. The van der Waals surface area contributed by atoms with Gasteiger partial charge in [0.05, 0.1) is 25.3 Å². The predicted molar refractivity (Wildman–Crippen MR) is 131 cm³/mol. The van der Waals surface area contributed by atoms with Crippen molar-refractivity contribution in [2.24, 2.45) is 0 Å². The first kappa shape index (κ1) is 23.1. The second kappa shape index (κ2) is 9.43. The van der Waals surface area contributed by atoms with Gasteiger partial charge in [0.15, 0.2) is 0 Å². The van der Waals surface area contributed by atoms with E-state index in [4.69, 9.17) is 9.47 Å². The maximum absolute atomic E-state index is 13.4. The molecule has 34 heavy (non-hydrogen) atoms. The number of methoxy groups -OCH3 is 1. The molecule has 0 bridgehead atoms. The Morgan fingerprint density at radius 2 is 1.71 bits per heavy atom. The van der Waals surface area contributed by atoms with E-state index in [-0.39, 0.29) is 11.3 Å². The smallest absolute Gasteiger partial charge is 0.300 e. The van der Waals surface area contributed by atoms with Gasteiger partial charge < -0.3 is 14.6 Å². The number of Topliss-reactive ketones (excluding diaryl/α,β-unsaturated/α-hetero) is 1. The number of carbonyl (C=O) groups is 2. The van der Waals surface area contributed by atoms with E-state index in [1.165, 1.54) is 4.90 Å². The quantitative estimate of drug-likeness (QED) is 0.307. The average molecular weight is 458 g/mol. The van der Waals surface area contributed by atoms with E-state index >= 15 is 0 Å². The van der Waals surface area contributed by atoms with Crippen LogP contribution in [0, 0.1) is 13.8 Å². The van der Waals surface area contributed by atoms with Gasteiger partial charge >= 0.3 is 0 Å². The van der Waals surface area contributed by atoms with Crippen molar-refractivity contribution in [3.05, 3.63) is 94.6 Å². The van der Waals surface area contributed by atoms with Gasteiger partial charge in [0.1, 0.15) is 17.3 Å². The van der Waals surface area contributed by atoms with Gasteiger partial charge in [-0.3, -0.25) is 14.5 Å². The highest BCUT2D eigenvalue weighted by molar-refractivity contribution is 6.51. The molecule has 4 rings (SSSR count). The van der Waals surface area contributed by atoms with Gasteiger partial charge in [0.25, 0.3) is 11.7 Å². The van der Waals surface area contributed by atoms with E-state index in [1.807, 2.05) is 57.2 Å². The summed E-state index contributed by atoms with van der Waals surface area (Å²) in [6.45, 7) is 6.04. The van der Waals surface area contributed by atoms with Crippen LogP contribution in [0.2, 0.25) is 0 Å². The summed E-state index contributed by atoms with van der Waals surface area (Å²) in [5, 5.41) is 11.4. The molecule has 3 aromatic carbocycles. The molecule has 1 unspecified atom stereocenters. The number of ketones is 1. The number of ether oxygens (including phenoxy) is 2. The summed E-state index contributed by atoms with van der Waals surface area (Å²) < 4.78 is 11.0.